The average Bonchev–Trinajstić information content (AvgIpc) is 2.86. The summed E-state index contributed by atoms with van der Waals surface area (Å²) in [5, 5.41) is 3.34. The smallest absolute Gasteiger partial charge is 0.242 e. The number of para-hydroxylation sites is 1. The first-order chi connectivity index (χ1) is 9.58. The highest BCUT2D eigenvalue weighted by Crippen LogP contribution is 2.31. The van der Waals surface area contributed by atoms with Gasteiger partial charge in [-0.05, 0) is 30.7 Å². The predicted molar refractivity (Wildman–Crippen MR) is 85.9 cm³/mol. The van der Waals surface area contributed by atoms with Gasteiger partial charge in [0, 0.05) is 18.3 Å². The minimum Gasteiger partial charge on any atom is -0.387 e. The third-order valence-corrected chi connectivity index (χ3v) is 6.46. The van der Waals surface area contributed by atoms with Crippen LogP contribution in [0.4, 0.5) is 5.69 Å². The van der Waals surface area contributed by atoms with E-state index in [4.69, 9.17) is 0 Å². The molecule has 2 N–H and O–H groups in total. The minimum atomic E-state index is -3.46. The highest BCUT2D eigenvalue weighted by atomic mass is 32.2. The number of thioether (sulfide) groups is 1. The molecule has 2 unspecified atom stereocenters. The molecule has 0 spiro atoms. The van der Waals surface area contributed by atoms with Gasteiger partial charge in [0.05, 0.1) is 5.69 Å². The van der Waals surface area contributed by atoms with Crippen molar-refractivity contribution >= 4 is 27.5 Å². The van der Waals surface area contributed by atoms with Crippen LogP contribution in [0, 0.1) is 0 Å². The lowest BCUT2D eigenvalue weighted by Crippen LogP contribution is -2.38. The summed E-state index contributed by atoms with van der Waals surface area (Å²) >= 11 is 1.85. The van der Waals surface area contributed by atoms with E-state index in [9.17, 15) is 8.42 Å². The largest absolute Gasteiger partial charge is 0.387 e. The molecule has 1 aromatic carbocycles. The maximum Gasteiger partial charge on any atom is 0.242 e. The molecule has 1 saturated carbocycles. The molecule has 20 heavy (non-hydrogen) atoms. The monoisotopic (exact) mass is 314 g/mol. The lowest BCUT2D eigenvalue weighted by Gasteiger charge is -2.21. The van der Waals surface area contributed by atoms with Crippen molar-refractivity contribution in [2.45, 2.75) is 42.4 Å². The second-order valence-corrected chi connectivity index (χ2v) is 8.10. The normalized spacial score (nSPS) is 22.9. The molecule has 0 heterocycles. The van der Waals surface area contributed by atoms with E-state index in [1.165, 1.54) is 0 Å². The SMILES string of the molecule is CCSC1CCCC1NS(=O)(=O)c1ccccc1NC. The quantitative estimate of drug-likeness (QED) is 0.847. The van der Waals surface area contributed by atoms with E-state index in [0.29, 0.717) is 15.8 Å². The molecule has 0 saturated heterocycles. The van der Waals surface area contributed by atoms with Crippen molar-refractivity contribution in [3.8, 4) is 0 Å². The third-order valence-electron chi connectivity index (χ3n) is 3.59. The number of rotatable bonds is 6. The summed E-state index contributed by atoms with van der Waals surface area (Å²) < 4.78 is 28.0. The fourth-order valence-electron chi connectivity index (χ4n) is 2.64. The molecule has 0 amide bonds. The van der Waals surface area contributed by atoms with Gasteiger partial charge in [-0.2, -0.15) is 11.8 Å². The van der Waals surface area contributed by atoms with E-state index in [2.05, 4.69) is 17.0 Å². The van der Waals surface area contributed by atoms with Gasteiger partial charge in [-0.15, -0.1) is 0 Å². The van der Waals surface area contributed by atoms with E-state index in [0.717, 1.165) is 25.0 Å². The molecule has 1 aliphatic rings. The van der Waals surface area contributed by atoms with Crippen LogP contribution in [0.1, 0.15) is 26.2 Å². The van der Waals surface area contributed by atoms with Crippen LogP contribution in [-0.2, 0) is 10.0 Å². The van der Waals surface area contributed by atoms with Crippen molar-refractivity contribution in [2.24, 2.45) is 0 Å². The van der Waals surface area contributed by atoms with Crippen molar-refractivity contribution in [2.75, 3.05) is 18.1 Å². The average molecular weight is 314 g/mol. The van der Waals surface area contributed by atoms with E-state index in [1.54, 1.807) is 25.2 Å². The minimum absolute atomic E-state index is 0.0508. The first-order valence-corrected chi connectivity index (χ1v) is 9.52. The Morgan fingerprint density at radius 1 is 1.30 bits per heavy atom. The third kappa shape index (κ3) is 3.48. The second-order valence-electron chi connectivity index (χ2n) is 4.90. The van der Waals surface area contributed by atoms with Gasteiger partial charge in [-0.25, -0.2) is 13.1 Å². The molecule has 2 rings (SSSR count). The molecule has 4 nitrogen and oxygen atoms in total. The van der Waals surface area contributed by atoms with Gasteiger partial charge in [0.1, 0.15) is 4.90 Å². The molecule has 6 heteroatoms. The fourth-order valence-corrected chi connectivity index (χ4v) is 5.45. The van der Waals surface area contributed by atoms with Crippen molar-refractivity contribution in [1.82, 2.24) is 4.72 Å². The van der Waals surface area contributed by atoms with Crippen molar-refractivity contribution in [1.29, 1.82) is 0 Å². The summed E-state index contributed by atoms with van der Waals surface area (Å²) in [7, 11) is -1.73. The van der Waals surface area contributed by atoms with E-state index in [1.807, 2.05) is 17.8 Å². The maximum atomic E-state index is 12.6. The summed E-state index contributed by atoms with van der Waals surface area (Å²) in [6.45, 7) is 2.12. The molecule has 0 aliphatic heterocycles. The molecule has 112 valence electrons. The molecule has 0 radical (unpaired) electrons. The first kappa shape index (κ1) is 15.7. The number of hydrogen-bond donors (Lipinski definition) is 2. The van der Waals surface area contributed by atoms with Crippen molar-refractivity contribution in [3.63, 3.8) is 0 Å². The highest BCUT2D eigenvalue weighted by molar-refractivity contribution is 8.00. The van der Waals surface area contributed by atoms with E-state index < -0.39 is 10.0 Å². The molecule has 0 aromatic heterocycles. The zero-order valence-corrected chi connectivity index (χ0v) is 13.6. The van der Waals surface area contributed by atoms with Gasteiger partial charge in [0.15, 0.2) is 0 Å². The predicted octanol–water partition coefficient (Wildman–Crippen LogP) is 2.68. The summed E-state index contributed by atoms with van der Waals surface area (Å²) in [5.74, 6) is 1.02. The summed E-state index contributed by atoms with van der Waals surface area (Å²) in [4.78, 5) is 0.328. The Balaban J connectivity index is 2.18. The van der Waals surface area contributed by atoms with Crippen LogP contribution in [-0.4, -0.2) is 32.5 Å². The molecule has 1 aliphatic carbocycles. The Hall–Kier alpha value is -0.720. The first-order valence-electron chi connectivity index (χ1n) is 6.99. The number of benzene rings is 1. The topological polar surface area (TPSA) is 58.2 Å². The summed E-state index contributed by atoms with van der Waals surface area (Å²) in [6.07, 6.45) is 3.12. The zero-order valence-electron chi connectivity index (χ0n) is 11.9. The van der Waals surface area contributed by atoms with Crippen LogP contribution in [0.25, 0.3) is 0 Å². The number of sulfonamides is 1. The maximum absolute atomic E-state index is 12.6. The molecular weight excluding hydrogens is 292 g/mol. The molecule has 1 aromatic rings. The molecule has 0 bridgehead atoms. The molecule has 1 fully saturated rings. The van der Waals surface area contributed by atoms with Gasteiger partial charge in [0.2, 0.25) is 10.0 Å². The van der Waals surface area contributed by atoms with E-state index >= 15 is 0 Å². The van der Waals surface area contributed by atoms with Gasteiger partial charge < -0.3 is 5.32 Å². The number of anilines is 1. The zero-order chi connectivity index (χ0) is 14.6. The molecular formula is C14H22N2O2S2. The van der Waals surface area contributed by atoms with Gasteiger partial charge in [-0.1, -0.05) is 25.5 Å². The van der Waals surface area contributed by atoms with Gasteiger partial charge >= 0.3 is 0 Å². The van der Waals surface area contributed by atoms with Crippen LogP contribution in [0.5, 0.6) is 0 Å². The van der Waals surface area contributed by atoms with Crippen LogP contribution >= 0.6 is 11.8 Å². The lowest BCUT2D eigenvalue weighted by atomic mass is 10.3. The lowest BCUT2D eigenvalue weighted by molar-refractivity contribution is 0.555. The van der Waals surface area contributed by atoms with Crippen LogP contribution in [0.15, 0.2) is 29.2 Å². The Morgan fingerprint density at radius 2 is 2.05 bits per heavy atom. The molecule has 2 atom stereocenters. The highest BCUT2D eigenvalue weighted by Gasteiger charge is 2.31. The number of nitrogens with one attached hydrogen (secondary N) is 2. The Kier molecular flexibility index (Phi) is 5.35. The van der Waals surface area contributed by atoms with Gasteiger partial charge in [-0.3, -0.25) is 0 Å². The summed E-state index contributed by atoms with van der Waals surface area (Å²) in [6, 6.07) is 7.06. The van der Waals surface area contributed by atoms with Gasteiger partial charge in [0.25, 0.3) is 0 Å². The van der Waals surface area contributed by atoms with Crippen LogP contribution in [0.3, 0.4) is 0 Å². The Bertz CT molecular complexity index is 546. The number of hydrogen-bond acceptors (Lipinski definition) is 4. The fraction of sp³-hybridized carbons (Fsp3) is 0.571. The van der Waals surface area contributed by atoms with Crippen molar-refractivity contribution in [3.05, 3.63) is 24.3 Å². The Morgan fingerprint density at radius 3 is 2.75 bits per heavy atom. The van der Waals surface area contributed by atoms with E-state index in [-0.39, 0.29) is 6.04 Å². The van der Waals surface area contributed by atoms with Crippen LogP contribution in [0.2, 0.25) is 0 Å². The summed E-state index contributed by atoms with van der Waals surface area (Å²) in [5.41, 5.74) is 0.637. The standard InChI is InChI=1S/C14H22N2O2S2/c1-3-19-13-9-6-8-11(13)16-20(17,18)14-10-5-4-7-12(14)15-2/h4-5,7,10-11,13,15-16H,3,6,8-9H2,1-2H3. The van der Waals surface area contributed by atoms with Crippen LogP contribution < -0.4 is 10.0 Å². The second kappa shape index (κ2) is 6.83. The Labute approximate surface area is 125 Å². The van der Waals surface area contributed by atoms with Crippen molar-refractivity contribution < 1.29 is 8.42 Å².